The zero-order valence-electron chi connectivity index (χ0n) is 14.5. The smallest absolute Gasteiger partial charge is 0.336 e. The van der Waals surface area contributed by atoms with Crippen LogP contribution in [-0.4, -0.2) is 12.4 Å². The van der Waals surface area contributed by atoms with Gasteiger partial charge in [0, 0.05) is 23.1 Å². The molecule has 0 radical (unpaired) electrons. The summed E-state index contributed by atoms with van der Waals surface area (Å²) < 4.78 is 10.9. The van der Waals surface area contributed by atoms with Crippen molar-refractivity contribution in [2.75, 3.05) is 6.61 Å². The minimum atomic E-state index is -0.405. The van der Waals surface area contributed by atoms with Crippen LogP contribution in [0, 0.1) is 0 Å². The lowest BCUT2D eigenvalue weighted by Gasteiger charge is -2.10. The number of Topliss-reactive ketones (excluding diaryl/α,β-unsaturated/α-hetero) is 1. The highest BCUT2D eigenvalue weighted by atomic mass is 35.5. The Morgan fingerprint density at radius 1 is 1.15 bits per heavy atom. The molecular formula is C21H19ClO4. The highest BCUT2D eigenvalue weighted by molar-refractivity contribution is 6.32. The summed E-state index contributed by atoms with van der Waals surface area (Å²) in [6.07, 6.45) is 2.78. The molecule has 0 atom stereocenters. The molecule has 0 aliphatic rings. The van der Waals surface area contributed by atoms with E-state index in [4.69, 9.17) is 20.8 Å². The van der Waals surface area contributed by atoms with Gasteiger partial charge in [0.05, 0.1) is 5.02 Å². The standard InChI is InChI=1S/C21H19ClO4/c1-2-3-7-15-10-21(24)26-19-12-20(17(22)11-16(15)19)25-13-18(23)14-8-5-4-6-9-14/h4-6,8-12H,2-3,7,13H2,1H3. The number of rotatable bonds is 7. The van der Waals surface area contributed by atoms with Crippen LogP contribution in [0.15, 0.2) is 57.7 Å². The van der Waals surface area contributed by atoms with Crippen molar-refractivity contribution in [3.63, 3.8) is 0 Å². The normalized spacial score (nSPS) is 10.8. The molecule has 4 nitrogen and oxygen atoms in total. The molecule has 0 amide bonds. The van der Waals surface area contributed by atoms with Crippen molar-refractivity contribution in [1.29, 1.82) is 0 Å². The summed E-state index contributed by atoms with van der Waals surface area (Å²) in [5, 5.41) is 1.18. The van der Waals surface area contributed by atoms with Crippen molar-refractivity contribution in [2.24, 2.45) is 0 Å². The topological polar surface area (TPSA) is 56.5 Å². The molecule has 1 heterocycles. The molecule has 134 valence electrons. The fourth-order valence-electron chi connectivity index (χ4n) is 2.76. The van der Waals surface area contributed by atoms with E-state index in [1.165, 1.54) is 6.07 Å². The predicted molar refractivity (Wildman–Crippen MR) is 102 cm³/mol. The van der Waals surface area contributed by atoms with Gasteiger partial charge >= 0.3 is 5.63 Å². The first-order chi connectivity index (χ1) is 12.6. The molecule has 0 unspecified atom stereocenters. The first kappa shape index (κ1) is 18.2. The van der Waals surface area contributed by atoms with E-state index in [0.29, 0.717) is 21.9 Å². The molecule has 0 aliphatic carbocycles. The number of benzene rings is 2. The molecule has 0 fully saturated rings. The summed E-state index contributed by atoms with van der Waals surface area (Å²) in [4.78, 5) is 24.0. The Morgan fingerprint density at radius 3 is 2.65 bits per heavy atom. The van der Waals surface area contributed by atoms with Gasteiger partial charge in [0.25, 0.3) is 0 Å². The number of carbonyl (C=O) groups is 1. The van der Waals surface area contributed by atoms with E-state index in [1.54, 1.807) is 36.4 Å². The number of unbranched alkanes of at least 4 members (excludes halogenated alkanes) is 1. The first-order valence-electron chi connectivity index (χ1n) is 8.56. The third-order valence-corrected chi connectivity index (χ3v) is 4.43. The number of ether oxygens (including phenoxy) is 1. The summed E-state index contributed by atoms with van der Waals surface area (Å²) in [6.45, 7) is 1.95. The Kier molecular flexibility index (Phi) is 5.74. The maximum Gasteiger partial charge on any atom is 0.336 e. The van der Waals surface area contributed by atoms with Gasteiger partial charge in [0.2, 0.25) is 0 Å². The van der Waals surface area contributed by atoms with Gasteiger partial charge in [-0.3, -0.25) is 4.79 Å². The maximum atomic E-state index is 12.2. The van der Waals surface area contributed by atoms with E-state index in [2.05, 4.69) is 6.92 Å². The van der Waals surface area contributed by atoms with E-state index < -0.39 is 5.63 Å². The quantitative estimate of drug-likeness (QED) is 0.431. The molecule has 0 bridgehead atoms. The van der Waals surface area contributed by atoms with Crippen molar-refractivity contribution in [3.8, 4) is 5.75 Å². The number of halogens is 1. The highest BCUT2D eigenvalue weighted by Gasteiger charge is 2.13. The minimum Gasteiger partial charge on any atom is -0.484 e. The van der Waals surface area contributed by atoms with E-state index in [0.717, 1.165) is 30.2 Å². The van der Waals surface area contributed by atoms with Crippen LogP contribution < -0.4 is 10.4 Å². The van der Waals surface area contributed by atoms with E-state index in [9.17, 15) is 9.59 Å². The average Bonchev–Trinajstić information content (AvgIpc) is 2.65. The van der Waals surface area contributed by atoms with Crippen LogP contribution in [0.2, 0.25) is 5.02 Å². The van der Waals surface area contributed by atoms with Gasteiger partial charge in [0.1, 0.15) is 11.3 Å². The molecule has 5 heteroatoms. The monoisotopic (exact) mass is 370 g/mol. The van der Waals surface area contributed by atoms with Crippen molar-refractivity contribution in [2.45, 2.75) is 26.2 Å². The lowest BCUT2D eigenvalue weighted by atomic mass is 10.0. The van der Waals surface area contributed by atoms with Gasteiger partial charge in [-0.05, 0) is 24.5 Å². The largest absolute Gasteiger partial charge is 0.484 e. The molecule has 1 aromatic heterocycles. The number of ketones is 1. The third-order valence-electron chi connectivity index (χ3n) is 4.14. The van der Waals surface area contributed by atoms with Crippen LogP contribution in [0.4, 0.5) is 0 Å². The summed E-state index contributed by atoms with van der Waals surface area (Å²) in [6, 6.07) is 13.7. The van der Waals surface area contributed by atoms with Crippen molar-refractivity contribution in [1.82, 2.24) is 0 Å². The molecule has 0 saturated heterocycles. The van der Waals surface area contributed by atoms with Crippen LogP contribution in [0.1, 0.15) is 35.7 Å². The molecule has 0 N–H and O–H groups in total. The molecule has 0 spiro atoms. The van der Waals surface area contributed by atoms with Gasteiger partial charge in [-0.1, -0.05) is 55.3 Å². The minimum absolute atomic E-state index is 0.144. The number of carbonyl (C=O) groups excluding carboxylic acids is 1. The van der Waals surface area contributed by atoms with E-state index in [-0.39, 0.29) is 12.4 Å². The van der Waals surface area contributed by atoms with Crippen molar-refractivity contribution < 1.29 is 13.9 Å². The molecule has 0 saturated carbocycles. The van der Waals surface area contributed by atoms with Gasteiger partial charge in [-0.2, -0.15) is 0 Å². The highest BCUT2D eigenvalue weighted by Crippen LogP contribution is 2.31. The Hall–Kier alpha value is -2.59. The van der Waals surface area contributed by atoms with Gasteiger partial charge in [-0.15, -0.1) is 0 Å². The summed E-state index contributed by atoms with van der Waals surface area (Å²) in [7, 11) is 0. The summed E-state index contributed by atoms with van der Waals surface area (Å²) in [5.41, 5.74) is 1.48. The molecule has 3 aromatic rings. The van der Waals surface area contributed by atoms with Crippen LogP contribution in [0.25, 0.3) is 11.0 Å². The molecule has 3 rings (SSSR count). The lowest BCUT2D eigenvalue weighted by molar-refractivity contribution is 0.0921. The number of aryl methyl sites for hydroxylation is 1. The van der Waals surface area contributed by atoms with E-state index in [1.807, 2.05) is 6.07 Å². The van der Waals surface area contributed by atoms with Crippen LogP contribution in [-0.2, 0) is 6.42 Å². The Labute approximate surface area is 156 Å². The van der Waals surface area contributed by atoms with Crippen LogP contribution in [0.3, 0.4) is 0 Å². The second-order valence-electron chi connectivity index (χ2n) is 6.05. The Bertz CT molecular complexity index is 976. The third kappa shape index (κ3) is 4.14. The van der Waals surface area contributed by atoms with Crippen LogP contribution >= 0.6 is 11.6 Å². The van der Waals surface area contributed by atoms with Gasteiger partial charge in [0.15, 0.2) is 12.4 Å². The number of fused-ring (bicyclic) bond motifs is 1. The average molecular weight is 371 g/mol. The zero-order valence-corrected chi connectivity index (χ0v) is 15.2. The zero-order chi connectivity index (χ0) is 18.5. The maximum absolute atomic E-state index is 12.2. The fraction of sp³-hybridized carbons (Fsp3) is 0.238. The van der Waals surface area contributed by atoms with E-state index >= 15 is 0 Å². The van der Waals surface area contributed by atoms with Gasteiger partial charge in [-0.25, -0.2) is 4.79 Å². The van der Waals surface area contributed by atoms with Crippen molar-refractivity contribution in [3.05, 3.63) is 75.1 Å². The van der Waals surface area contributed by atoms with Gasteiger partial charge < -0.3 is 9.15 Å². The fourth-order valence-corrected chi connectivity index (χ4v) is 2.98. The van der Waals surface area contributed by atoms with Crippen molar-refractivity contribution >= 4 is 28.4 Å². The lowest BCUT2D eigenvalue weighted by Crippen LogP contribution is -2.11. The molecule has 26 heavy (non-hydrogen) atoms. The number of hydrogen-bond acceptors (Lipinski definition) is 4. The van der Waals surface area contributed by atoms with Crippen LogP contribution in [0.5, 0.6) is 5.75 Å². The number of hydrogen-bond donors (Lipinski definition) is 0. The Balaban J connectivity index is 1.86. The second kappa shape index (κ2) is 8.19. The molecular weight excluding hydrogens is 352 g/mol. The second-order valence-corrected chi connectivity index (χ2v) is 6.46. The first-order valence-corrected chi connectivity index (χ1v) is 8.93. The predicted octanol–water partition coefficient (Wildman–Crippen LogP) is 5.05. The summed E-state index contributed by atoms with van der Waals surface area (Å²) in [5.74, 6) is 0.166. The summed E-state index contributed by atoms with van der Waals surface area (Å²) >= 11 is 6.32. The SMILES string of the molecule is CCCCc1cc(=O)oc2cc(OCC(=O)c3ccccc3)c(Cl)cc12. The Morgan fingerprint density at radius 2 is 1.92 bits per heavy atom. The molecule has 0 aliphatic heterocycles. The molecule has 2 aromatic carbocycles.